The van der Waals surface area contributed by atoms with E-state index in [1.807, 2.05) is 59.8 Å². The van der Waals surface area contributed by atoms with Gasteiger partial charge in [-0.15, -0.1) is 0 Å². The van der Waals surface area contributed by atoms with Crippen molar-refractivity contribution in [1.29, 1.82) is 0 Å². The topological polar surface area (TPSA) is 37.7 Å². The standard InChI is InChI=1S/C24H27N3O2/c1-29-22-11-7-10-21(18-22)25-14-16-27(17-15-25)24(28)19-23(26-12-5-6-13-26)20-8-3-2-4-9-20/h2-13,18,23H,14-17,19H2,1H3. The van der Waals surface area contributed by atoms with Gasteiger partial charge in [-0.05, 0) is 29.8 Å². The highest BCUT2D eigenvalue weighted by Gasteiger charge is 2.25. The fraction of sp³-hybridized carbons (Fsp3) is 0.292. The van der Waals surface area contributed by atoms with Gasteiger partial charge in [-0.2, -0.15) is 0 Å². The molecule has 0 aliphatic carbocycles. The Kier molecular flexibility index (Phi) is 5.84. The Morgan fingerprint density at radius 1 is 0.931 bits per heavy atom. The molecule has 0 N–H and O–H groups in total. The first-order valence-corrected chi connectivity index (χ1v) is 10.1. The molecule has 150 valence electrons. The molecule has 2 aromatic carbocycles. The molecule has 1 unspecified atom stereocenters. The van der Waals surface area contributed by atoms with Crippen LogP contribution in [0.5, 0.6) is 5.75 Å². The number of methoxy groups -OCH3 is 1. The Morgan fingerprint density at radius 2 is 1.66 bits per heavy atom. The van der Waals surface area contributed by atoms with E-state index < -0.39 is 0 Å². The molecule has 0 bridgehead atoms. The third kappa shape index (κ3) is 4.45. The van der Waals surface area contributed by atoms with Crippen LogP contribution in [0.15, 0.2) is 79.1 Å². The van der Waals surface area contributed by atoms with E-state index in [2.05, 4.69) is 33.7 Å². The number of hydrogen-bond donors (Lipinski definition) is 0. The molecule has 0 spiro atoms. The molecule has 29 heavy (non-hydrogen) atoms. The highest BCUT2D eigenvalue weighted by atomic mass is 16.5. The van der Waals surface area contributed by atoms with Gasteiger partial charge in [-0.1, -0.05) is 36.4 Å². The number of anilines is 1. The lowest BCUT2D eigenvalue weighted by atomic mass is 10.0. The second-order valence-corrected chi connectivity index (χ2v) is 7.33. The van der Waals surface area contributed by atoms with E-state index in [9.17, 15) is 4.79 Å². The SMILES string of the molecule is COc1cccc(N2CCN(C(=O)CC(c3ccccc3)n3cccc3)CC2)c1. The number of benzene rings is 2. The predicted molar refractivity (Wildman–Crippen MR) is 115 cm³/mol. The van der Waals surface area contributed by atoms with Crippen LogP contribution in [0.2, 0.25) is 0 Å². The number of nitrogens with zero attached hydrogens (tertiary/aromatic N) is 3. The van der Waals surface area contributed by atoms with Gasteiger partial charge >= 0.3 is 0 Å². The first kappa shape index (κ1) is 19.1. The Balaban J connectivity index is 1.41. The number of carbonyl (C=O) groups excluding carboxylic acids is 1. The molecule has 5 heteroatoms. The number of rotatable bonds is 6. The summed E-state index contributed by atoms with van der Waals surface area (Å²) >= 11 is 0. The lowest BCUT2D eigenvalue weighted by Gasteiger charge is -2.37. The van der Waals surface area contributed by atoms with E-state index in [4.69, 9.17) is 4.74 Å². The Morgan fingerprint density at radius 3 is 2.34 bits per heavy atom. The molecule has 1 aliphatic heterocycles. The smallest absolute Gasteiger partial charge is 0.225 e. The molecule has 1 fully saturated rings. The summed E-state index contributed by atoms with van der Waals surface area (Å²) in [5, 5.41) is 0. The summed E-state index contributed by atoms with van der Waals surface area (Å²) in [6, 6.07) is 22.4. The lowest BCUT2D eigenvalue weighted by Crippen LogP contribution is -2.49. The van der Waals surface area contributed by atoms with Crippen molar-refractivity contribution in [2.45, 2.75) is 12.5 Å². The van der Waals surface area contributed by atoms with E-state index in [0.29, 0.717) is 6.42 Å². The fourth-order valence-corrected chi connectivity index (χ4v) is 3.94. The normalized spacial score (nSPS) is 15.2. The number of ether oxygens (including phenoxy) is 1. The average Bonchev–Trinajstić information content (AvgIpc) is 3.32. The van der Waals surface area contributed by atoms with Gasteiger partial charge in [0.15, 0.2) is 0 Å². The second-order valence-electron chi connectivity index (χ2n) is 7.33. The molecule has 2 heterocycles. The molecule has 3 aromatic rings. The van der Waals surface area contributed by atoms with Gasteiger partial charge in [0.05, 0.1) is 19.6 Å². The van der Waals surface area contributed by atoms with Crippen LogP contribution in [-0.2, 0) is 4.79 Å². The van der Waals surface area contributed by atoms with E-state index in [1.165, 1.54) is 0 Å². The maximum absolute atomic E-state index is 13.1. The third-order valence-electron chi connectivity index (χ3n) is 5.59. The van der Waals surface area contributed by atoms with Crippen molar-refractivity contribution in [1.82, 2.24) is 9.47 Å². The highest BCUT2D eigenvalue weighted by Crippen LogP contribution is 2.25. The van der Waals surface area contributed by atoms with E-state index in [0.717, 1.165) is 43.2 Å². The minimum absolute atomic E-state index is 0.0233. The van der Waals surface area contributed by atoms with Crippen molar-refractivity contribution in [3.63, 3.8) is 0 Å². The summed E-state index contributed by atoms with van der Waals surface area (Å²) in [5.41, 5.74) is 2.30. The molecule has 1 aliphatic rings. The van der Waals surface area contributed by atoms with Crippen molar-refractivity contribution in [3.05, 3.63) is 84.7 Å². The van der Waals surface area contributed by atoms with Crippen LogP contribution >= 0.6 is 0 Å². The summed E-state index contributed by atoms with van der Waals surface area (Å²) in [4.78, 5) is 17.4. The number of amides is 1. The van der Waals surface area contributed by atoms with Gasteiger partial charge in [0, 0.05) is 50.3 Å². The van der Waals surface area contributed by atoms with Gasteiger partial charge in [0.2, 0.25) is 5.91 Å². The van der Waals surface area contributed by atoms with Gasteiger partial charge in [-0.25, -0.2) is 0 Å². The summed E-state index contributed by atoms with van der Waals surface area (Å²) in [5.74, 6) is 1.07. The Hall–Kier alpha value is -3.21. The third-order valence-corrected chi connectivity index (χ3v) is 5.59. The van der Waals surface area contributed by atoms with Crippen LogP contribution in [0.1, 0.15) is 18.0 Å². The fourth-order valence-electron chi connectivity index (χ4n) is 3.94. The monoisotopic (exact) mass is 389 g/mol. The van der Waals surface area contributed by atoms with Crippen molar-refractivity contribution in [2.24, 2.45) is 0 Å². The van der Waals surface area contributed by atoms with Gasteiger partial charge in [0.25, 0.3) is 0 Å². The van der Waals surface area contributed by atoms with Crippen molar-refractivity contribution >= 4 is 11.6 Å². The van der Waals surface area contributed by atoms with Crippen LogP contribution in [0.25, 0.3) is 0 Å². The number of aromatic nitrogens is 1. The summed E-state index contributed by atoms with van der Waals surface area (Å²) < 4.78 is 7.46. The highest BCUT2D eigenvalue weighted by molar-refractivity contribution is 5.77. The van der Waals surface area contributed by atoms with E-state index in [1.54, 1.807) is 7.11 Å². The largest absolute Gasteiger partial charge is 0.497 e. The molecule has 1 saturated heterocycles. The summed E-state index contributed by atoms with van der Waals surface area (Å²) in [7, 11) is 1.68. The predicted octanol–water partition coefficient (Wildman–Crippen LogP) is 3.83. The van der Waals surface area contributed by atoms with Gasteiger partial charge < -0.3 is 19.1 Å². The number of piperazine rings is 1. The molecule has 0 radical (unpaired) electrons. The molecular formula is C24H27N3O2. The zero-order chi connectivity index (χ0) is 20.1. The quantitative estimate of drug-likeness (QED) is 0.643. The number of hydrogen-bond acceptors (Lipinski definition) is 3. The molecule has 1 amide bonds. The van der Waals surface area contributed by atoms with Crippen molar-refractivity contribution in [2.75, 3.05) is 38.2 Å². The van der Waals surface area contributed by atoms with Crippen LogP contribution < -0.4 is 9.64 Å². The second kappa shape index (κ2) is 8.86. The molecular weight excluding hydrogens is 362 g/mol. The molecule has 1 aromatic heterocycles. The van der Waals surface area contributed by atoms with Crippen molar-refractivity contribution in [3.8, 4) is 5.75 Å². The molecule has 5 nitrogen and oxygen atoms in total. The Bertz CT molecular complexity index is 916. The van der Waals surface area contributed by atoms with Crippen LogP contribution in [0.3, 0.4) is 0 Å². The summed E-state index contributed by atoms with van der Waals surface area (Å²) in [6.07, 6.45) is 4.54. The van der Waals surface area contributed by atoms with Gasteiger partial charge in [0.1, 0.15) is 5.75 Å². The zero-order valence-electron chi connectivity index (χ0n) is 16.8. The maximum atomic E-state index is 13.1. The lowest BCUT2D eigenvalue weighted by molar-refractivity contribution is -0.132. The average molecular weight is 389 g/mol. The van der Waals surface area contributed by atoms with Crippen LogP contribution in [-0.4, -0.2) is 48.7 Å². The number of carbonyl (C=O) groups is 1. The minimum Gasteiger partial charge on any atom is -0.497 e. The molecule has 4 rings (SSSR count). The Labute approximate surface area is 172 Å². The maximum Gasteiger partial charge on any atom is 0.225 e. The first-order valence-electron chi connectivity index (χ1n) is 10.1. The molecule has 1 atom stereocenters. The molecule has 0 saturated carbocycles. The zero-order valence-corrected chi connectivity index (χ0v) is 16.8. The summed E-state index contributed by atoms with van der Waals surface area (Å²) in [6.45, 7) is 3.14. The van der Waals surface area contributed by atoms with E-state index in [-0.39, 0.29) is 11.9 Å². The van der Waals surface area contributed by atoms with E-state index >= 15 is 0 Å². The van der Waals surface area contributed by atoms with Gasteiger partial charge in [-0.3, -0.25) is 4.79 Å². The first-order chi connectivity index (χ1) is 14.2. The van der Waals surface area contributed by atoms with Crippen LogP contribution in [0, 0.1) is 0 Å². The minimum atomic E-state index is 0.0233. The van der Waals surface area contributed by atoms with Crippen LogP contribution in [0.4, 0.5) is 5.69 Å². The van der Waals surface area contributed by atoms with Crippen molar-refractivity contribution < 1.29 is 9.53 Å².